The molecule has 0 saturated heterocycles. The topological polar surface area (TPSA) is 75.3 Å². The van der Waals surface area contributed by atoms with E-state index in [1.165, 1.54) is 23.9 Å². The maximum absolute atomic E-state index is 10.5. The van der Waals surface area contributed by atoms with Gasteiger partial charge in [-0.05, 0) is 13.3 Å². The molecule has 0 aliphatic rings. The van der Waals surface area contributed by atoms with Crippen molar-refractivity contribution in [3.8, 4) is 0 Å². The minimum atomic E-state index is -1.28. The van der Waals surface area contributed by atoms with Crippen molar-refractivity contribution in [3.63, 3.8) is 0 Å². The summed E-state index contributed by atoms with van der Waals surface area (Å²) in [5.74, 6) is -1.28. The van der Waals surface area contributed by atoms with Crippen molar-refractivity contribution in [2.24, 2.45) is 0 Å². The molecule has 1 atom stereocenters. The van der Waals surface area contributed by atoms with Crippen LogP contribution >= 0.6 is 0 Å². The molecule has 0 saturated carbocycles. The molecule has 0 radical (unpaired) electrons. The fourth-order valence-electron chi connectivity index (χ4n) is 1.68. The first-order valence-corrected chi connectivity index (χ1v) is 6.12. The summed E-state index contributed by atoms with van der Waals surface area (Å²) in [7, 11) is 0. The number of carboxylic acids is 1. The van der Waals surface area contributed by atoms with E-state index in [-0.39, 0.29) is 5.69 Å². The largest absolute Gasteiger partial charge is 0.543 e. The molecule has 0 bridgehead atoms. The van der Waals surface area contributed by atoms with E-state index in [9.17, 15) is 9.90 Å². The summed E-state index contributed by atoms with van der Waals surface area (Å²) in [5.41, 5.74) is -0.100. The lowest BCUT2D eigenvalue weighted by Crippen LogP contribution is -3.12. The van der Waals surface area contributed by atoms with Crippen LogP contribution in [0.2, 0.25) is 0 Å². The fourth-order valence-corrected chi connectivity index (χ4v) is 1.68. The van der Waals surface area contributed by atoms with Crippen LogP contribution in [0.5, 0.6) is 0 Å². The predicted octanol–water partition coefficient (Wildman–Crippen LogP) is -1.65. The second-order valence-corrected chi connectivity index (χ2v) is 4.11. The molecule has 0 aliphatic heterocycles. The van der Waals surface area contributed by atoms with E-state index >= 15 is 0 Å². The lowest BCUT2D eigenvalue weighted by molar-refractivity contribution is -0.899. The van der Waals surface area contributed by atoms with Crippen molar-refractivity contribution in [2.75, 3.05) is 19.6 Å². The van der Waals surface area contributed by atoms with Gasteiger partial charge in [0.15, 0.2) is 0 Å². The molecule has 1 heterocycles. The summed E-state index contributed by atoms with van der Waals surface area (Å²) in [6.07, 6.45) is 3.83. The molecule has 0 aliphatic carbocycles. The highest BCUT2D eigenvalue weighted by atomic mass is 16.4. The van der Waals surface area contributed by atoms with E-state index in [0.29, 0.717) is 6.54 Å². The van der Waals surface area contributed by atoms with Gasteiger partial charge in [0.1, 0.15) is 5.69 Å². The van der Waals surface area contributed by atoms with Crippen molar-refractivity contribution >= 4 is 5.97 Å². The number of aromatic carboxylic acids is 1. The second-order valence-electron chi connectivity index (χ2n) is 4.11. The molecular weight excluding hydrogens is 220 g/mol. The van der Waals surface area contributed by atoms with Crippen LogP contribution in [0.25, 0.3) is 0 Å². The molecule has 6 nitrogen and oxygen atoms in total. The Kier molecular flexibility index (Phi) is 5.62. The van der Waals surface area contributed by atoms with Crippen LogP contribution in [-0.4, -0.2) is 40.6 Å². The highest BCUT2D eigenvalue weighted by Crippen LogP contribution is 1.89. The van der Waals surface area contributed by atoms with Crippen LogP contribution in [0.1, 0.15) is 37.2 Å². The first kappa shape index (κ1) is 13.6. The Morgan fingerprint density at radius 2 is 2.24 bits per heavy atom. The molecule has 1 aromatic rings. The minimum absolute atomic E-state index is 0.100. The maximum Gasteiger partial charge on any atom is 0.128 e. The van der Waals surface area contributed by atoms with E-state index in [0.717, 1.165) is 19.6 Å². The number of quaternary nitrogens is 1. The van der Waals surface area contributed by atoms with Gasteiger partial charge in [0, 0.05) is 0 Å². The Hall–Kier alpha value is -1.43. The first-order valence-electron chi connectivity index (χ1n) is 6.12. The molecule has 0 aromatic carbocycles. The van der Waals surface area contributed by atoms with Crippen LogP contribution in [0.15, 0.2) is 6.20 Å². The highest BCUT2D eigenvalue weighted by Gasteiger charge is 2.07. The van der Waals surface area contributed by atoms with E-state index in [2.05, 4.69) is 24.2 Å². The molecule has 0 spiro atoms. The number of unbranched alkanes of at least 4 members (excludes halogenated alkanes) is 1. The number of hydrogen-bond donors (Lipinski definition) is 1. The third-order valence-electron chi connectivity index (χ3n) is 2.83. The quantitative estimate of drug-likeness (QED) is 0.590. The monoisotopic (exact) mass is 240 g/mol. The first-order chi connectivity index (χ1) is 8.17. The van der Waals surface area contributed by atoms with E-state index in [1.807, 2.05) is 0 Å². The number of hydrogen-bond acceptors (Lipinski definition) is 4. The fraction of sp³-hybridized carbons (Fsp3) is 0.727. The van der Waals surface area contributed by atoms with E-state index < -0.39 is 5.97 Å². The summed E-state index contributed by atoms with van der Waals surface area (Å²) >= 11 is 0. The Balaban J connectivity index is 2.39. The number of nitrogens with zero attached hydrogens (tertiary/aromatic N) is 3. The predicted molar refractivity (Wildman–Crippen MR) is 60.5 cm³/mol. The van der Waals surface area contributed by atoms with Crippen LogP contribution in [0, 0.1) is 0 Å². The van der Waals surface area contributed by atoms with Gasteiger partial charge in [0.25, 0.3) is 0 Å². The molecule has 6 heteroatoms. The zero-order chi connectivity index (χ0) is 12.7. The zero-order valence-electron chi connectivity index (χ0n) is 10.5. The van der Waals surface area contributed by atoms with Crippen molar-refractivity contribution in [3.05, 3.63) is 11.9 Å². The molecule has 96 valence electrons. The molecule has 0 fully saturated rings. The van der Waals surface area contributed by atoms with Crippen molar-refractivity contribution < 1.29 is 14.8 Å². The van der Waals surface area contributed by atoms with Gasteiger partial charge in [-0.25, -0.2) is 4.68 Å². The lowest BCUT2D eigenvalue weighted by atomic mass is 10.3. The number of carbonyl (C=O) groups excluding carboxylic acids is 1. The van der Waals surface area contributed by atoms with E-state index in [4.69, 9.17) is 0 Å². The van der Waals surface area contributed by atoms with Gasteiger partial charge < -0.3 is 14.8 Å². The lowest BCUT2D eigenvalue weighted by Gasteiger charge is -2.16. The summed E-state index contributed by atoms with van der Waals surface area (Å²) in [6, 6.07) is 0. The maximum atomic E-state index is 10.5. The SMILES string of the molecule is CCCC[NH+](CC)CCn1cc(C(=O)[O-])nn1. The second kappa shape index (κ2) is 7.01. The Labute approximate surface area is 101 Å². The van der Waals surface area contributed by atoms with Crippen molar-refractivity contribution in [1.29, 1.82) is 0 Å². The summed E-state index contributed by atoms with van der Waals surface area (Å²) in [5, 5.41) is 17.8. The van der Waals surface area contributed by atoms with Crippen LogP contribution in [-0.2, 0) is 6.54 Å². The number of rotatable bonds is 8. The molecule has 1 rings (SSSR count). The van der Waals surface area contributed by atoms with Gasteiger partial charge in [-0.2, -0.15) is 0 Å². The smallest absolute Gasteiger partial charge is 0.128 e. The van der Waals surface area contributed by atoms with Gasteiger partial charge in [-0.3, -0.25) is 0 Å². The minimum Gasteiger partial charge on any atom is -0.543 e. The number of likely N-dealkylation sites (N-methyl/N-ethyl adjacent to an activating group) is 1. The number of aromatic nitrogens is 3. The normalized spacial score (nSPS) is 12.6. The average Bonchev–Trinajstić information content (AvgIpc) is 2.78. The molecule has 17 heavy (non-hydrogen) atoms. The van der Waals surface area contributed by atoms with Crippen molar-refractivity contribution in [1.82, 2.24) is 15.0 Å². The Morgan fingerprint density at radius 1 is 1.47 bits per heavy atom. The zero-order valence-corrected chi connectivity index (χ0v) is 10.5. The van der Waals surface area contributed by atoms with Crippen molar-refractivity contribution in [2.45, 2.75) is 33.2 Å². The van der Waals surface area contributed by atoms with Gasteiger partial charge in [-0.1, -0.05) is 18.6 Å². The van der Waals surface area contributed by atoms with Crippen LogP contribution in [0.3, 0.4) is 0 Å². The van der Waals surface area contributed by atoms with Gasteiger partial charge in [-0.15, -0.1) is 5.10 Å². The number of carboxylic acid groups (broad SMARTS) is 1. The molecule has 1 unspecified atom stereocenters. The molecular formula is C11H20N4O2. The number of carbonyl (C=O) groups is 1. The third-order valence-corrected chi connectivity index (χ3v) is 2.83. The third kappa shape index (κ3) is 4.52. The van der Waals surface area contributed by atoms with Gasteiger partial charge in [0.2, 0.25) is 0 Å². The summed E-state index contributed by atoms with van der Waals surface area (Å²) in [4.78, 5) is 12.0. The Bertz CT molecular complexity index is 351. The van der Waals surface area contributed by atoms with Gasteiger partial charge in [0.05, 0.1) is 38.3 Å². The molecule has 1 N–H and O–H groups in total. The molecule has 0 amide bonds. The average molecular weight is 240 g/mol. The number of nitrogens with one attached hydrogen (secondary N) is 1. The standard InChI is InChI=1S/C11H20N4O2/c1-3-5-6-14(4-2)7-8-15-9-10(11(16)17)12-13-15/h9H,3-8H2,1-2H3,(H,16,17). The molecule has 1 aromatic heterocycles. The highest BCUT2D eigenvalue weighted by molar-refractivity contribution is 5.82. The summed E-state index contributed by atoms with van der Waals surface area (Å²) < 4.78 is 1.56. The van der Waals surface area contributed by atoms with E-state index in [1.54, 1.807) is 4.68 Å². The Morgan fingerprint density at radius 3 is 2.76 bits per heavy atom. The summed E-state index contributed by atoms with van der Waals surface area (Å²) in [6.45, 7) is 8.17. The van der Waals surface area contributed by atoms with Crippen LogP contribution in [0.4, 0.5) is 0 Å². The van der Waals surface area contributed by atoms with Crippen LogP contribution < -0.4 is 10.0 Å². The van der Waals surface area contributed by atoms with Gasteiger partial charge >= 0.3 is 0 Å².